The lowest BCUT2D eigenvalue weighted by Gasteiger charge is -2.36. The molecule has 3 aliphatic rings. The molecule has 13 heteroatoms. The fourth-order valence-electron chi connectivity index (χ4n) is 9.08. The molecule has 2 aromatic carbocycles. The highest BCUT2D eigenvalue weighted by atomic mass is 16.5. The summed E-state index contributed by atoms with van der Waals surface area (Å²) in [7, 11) is 1.67. The molecule has 3 amide bonds. The zero-order valence-electron chi connectivity index (χ0n) is 34.9. The third kappa shape index (κ3) is 8.36. The number of aryl methyl sites for hydroxylation is 1. The quantitative estimate of drug-likeness (QED) is 0.154. The fourth-order valence-corrected chi connectivity index (χ4v) is 9.08. The topological polar surface area (TPSA) is 155 Å². The van der Waals surface area contributed by atoms with Crippen molar-refractivity contribution in [3.05, 3.63) is 84.2 Å². The van der Waals surface area contributed by atoms with Gasteiger partial charge in [-0.25, -0.2) is 5.43 Å². The van der Waals surface area contributed by atoms with Crippen molar-refractivity contribution < 1.29 is 33.8 Å². The van der Waals surface area contributed by atoms with Crippen molar-refractivity contribution in [2.24, 2.45) is 11.3 Å². The van der Waals surface area contributed by atoms with Crippen LogP contribution in [0.1, 0.15) is 76.8 Å². The predicted molar refractivity (Wildman–Crippen MR) is 225 cm³/mol. The molecule has 0 spiro atoms. The lowest BCUT2D eigenvalue weighted by Crippen LogP contribution is -2.61. The number of hydrogen-bond acceptors (Lipinski definition) is 9. The number of aromatic hydroxyl groups is 1. The number of fused-ring (bicyclic) bond motifs is 6. The van der Waals surface area contributed by atoms with Gasteiger partial charge in [-0.3, -0.25) is 29.2 Å². The molecule has 0 saturated carbocycles. The number of likely N-dealkylation sites (tertiary alicyclic amines) is 1. The van der Waals surface area contributed by atoms with Crippen molar-refractivity contribution in [3.8, 4) is 28.1 Å². The van der Waals surface area contributed by atoms with E-state index in [-0.39, 0.29) is 36.7 Å². The van der Waals surface area contributed by atoms with Crippen molar-refractivity contribution in [2.75, 3.05) is 26.8 Å². The average Bonchev–Trinajstić information content (AvgIpc) is 3.80. The van der Waals surface area contributed by atoms with E-state index in [1.165, 1.54) is 16.8 Å². The number of hydrazine groups is 1. The number of aromatic nitrogens is 2. The van der Waals surface area contributed by atoms with Crippen LogP contribution in [0.4, 0.5) is 0 Å². The van der Waals surface area contributed by atoms with E-state index in [4.69, 9.17) is 14.5 Å². The van der Waals surface area contributed by atoms with E-state index in [0.717, 1.165) is 44.5 Å². The first-order valence-electron chi connectivity index (χ1n) is 20.6. The molecule has 5 heterocycles. The lowest BCUT2D eigenvalue weighted by atomic mass is 9.84. The highest BCUT2D eigenvalue weighted by molar-refractivity contribution is 5.96. The van der Waals surface area contributed by atoms with Gasteiger partial charge in [-0.2, -0.15) is 0 Å². The molecule has 7 rings (SSSR count). The Kier molecular flexibility index (Phi) is 12.0. The van der Waals surface area contributed by atoms with E-state index in [0.29, 0.717) is 50.9 Å². The van der Waals surface area contributed by atoms with E-state index in [1.807, 2.05) is 25.1 Å². The van der Waals surface area contributed by atoms with Gasteiger partial charge in [0.15, 0.2) is 0 Å². The number of carbonyl (C=O) groups is 4. The smallest absolute Gasteiger partial charge is 0.324 e. The minimum absolute atomic E-state index is 0.00966. The summed E-state index contributed by atoms with van der Waals surface area (Å²) in [5.74, 6) is -1.89. The zero-order chi connectivity index (χ0) is 42.2. The molecule has 4 aromatic rings. The van der Waals surface area contributed by atoms with Crippen LogP contribution in [0.25, 0.3) is 33.3 Å². The number of rotatable bonds is 7. The van der Waals surface area contributed by atoms with Gasteiger partial charge in [0, 0.05) is 74.1 Å². The molecule has 0 unspecified atom stereocenters. The number of carbonyl (C=O) groups excluding carboxylic acids is 4. The number of hydrogen-bond donors (Lipinski definition) is 3. The summed E-state index contributed by atoms with van der Waals surface area (Å²) in [6.07, 6.45) is 5.35. The number of ether oxygens (including phenoxy) is 2. The standard InChI is InChI=1S/C46H56N6O7/c1-8-30-16-19-51(28(4)53)41(30)43(55)48-38-22-29-20-32(23-33(54)21-29)31-14-15-39-35(24-31)36(42(50(39)9-2)34-12-10-17-47-40(34)27(3)58-7)25-46(5,6)26-59-45(57)37-13-11-18-52(49-37)44(38)56/h8,10,12,14-15,17,20-21,23-24,27,30,37-38,41,49,54H,1,9,11,13,16,18-19,22,25-26H2,2-7H3,(H,48,55)/t27-,30-,37-,38-,41-/m0/s1. The van der Waals surface area contributed by atoms with Crippen LogP contribution >= 0.6 is 0 Å². The van der Waals surface area contributed by atoms with Crippen LogP contribution < -0.4 is 10.7 Å². The van der Waals surface area contributed by atoms with Gasteiger partial charge in [-0.1, -0.05) is 32.1 Å². The van der Waals surface area contributed by atoms with Gasteiger partial charge in [0.1, 0.15) is 23.9 Å². The minimum Gasteiger partial charge on any atom is -0.508 e. The third-order valence-electron chi connectivity index (χ3n) is 12.1. The van der Waals surface area contributed by atoms with Crippen LogP contribution in [0.2, 0.25) is 0 Å². The summed E-state index contributed by atoms with van der Waals surface area (Å²) >= 11 is 0. The SMILES string of the molecule is C=C[C@H]1CCN(C(C)=O)[C@@H]1C(=O)N[C@H]1Cc2cc(O)cc(c2)-c2ccc3c(c2)c(c(-c2cccnc2[C@H](C)OC)n3CC)CC(C)(C)COC(=O)[C@@H]2CCCN(N2)C1=O. The minimum atomic E-state index is -1.10. The monoisotopic (exact) mass is 804 g/mol. The predicted octanol–water partition coefficient (Wildman–Crippen LogP) is 5.87. The molecule has 0 aliphatic carbocycles. The molecule has 5 atom stereocenters. The molecule has 2 fully saturated rings. The van der Waals surface area contributed by atoms with E-state index in [1.54, 1.807) is 31.5 Å². The third-order valence-corrected chi connectivity index (χ3v) is 12.1. The number of amides is 3. The van der Waals surface area contributed by atoms with Gasteiger partial charge in [-0.15, -0.1) is 6.58 Å². The highest BCUT2D eigenvalue weighted by Gasteiger charge is 2.42. The van der Waals surface area contributed by atoms with Crippen molar-refractivity contribution in [1.29, 1.82) is 0 Å². The molecule has 3 aliphatic heterocycles. The second kappa shape index (κ2) is 17.0. The van der Waals surface area contributed by atoms with Crippen molar-refractivity contribution in [1.82, 2.24) is 30.2 Å². The lowest BCUT2D eigenvalue weighted by molar-refractivity contribution is -0.155. The van der Waals surface area contributed by atoms with Gasteiger partial charge in [0.25, 0.3) is 5.91 Å². The first-order chi connectivity index (χ1) is 28.2. The summed E-state index contributed by atoms with van der Waals surface area (Å²) in [5, 5.41) is 16.6. The summed E-state index contributed by atoms with van der Waals surface area (Å²) in [4.78, 5) is 61.3. The maximum atomic E-state index is 14.5. The highest BCUT2D eigenvalue weighted by Crippen LogP contribution is 2.42. The maximum Gasteiger partial charge on any atom is 0.324 e. The second-order valence-corrected chi connectivity index (χ2v) is 16.9. The Balaban J connectivity index is 1.38. The van der Waals surface area contributed by atoms with Crippen LogP contribution in [0.5, 0.6) is 5.75 Å². The second-order valence-electron chi connectivity index (χ2n) is 16.9. The molecular weight excluding hydrogens is 749 g/mol. The van der Waals surface area contributed by atoms with Crippen molar-refractivity contribution >= 4 is 34.6 Å². The normalized spacial score (nSPS) is 22.7. The van der Waals surface area contributed by atoms with Crippen LogP contribution in [-0.4, -0.2) is 93.2 Å². The number of cyclic esters (lactones) is 1. The Labute approximate surface area is 345 Å². The number of nitrogens with zero attached hydrogens (tertiary/aromatic N) is 4. The van der Waals surface area contributed by atoms with Crippen molar-refractivity contribution in [2.45, 2.75) is 97.5 Å². The van der Waals surface area contributed by atoms with Gasteiger partial charge >= 0.3 is 5.97 Å². The molecular formula is C46H56N6O7. The average molecular weight is 805 g/mol. The Hall–Kier alpha value is -5.53. The molecule has 3 N–H and O–H groups in total. The zero-order valence-corrected chi connectivity index (χ0v) is 34.9. The number of phenolic OH excluding ortho intramolecular Hbond substituents is 1. The van der Waals surface area contributed by atoms with Gasteiger partial charge in [0.05, 0.1) is 24.1 Å². The van der Waals surface area contributed by atoms with E-state index < -0.39 is 41.3 Å². The van der Waals surface area contributed by atoms with Crippen LogP contribution in [0.3, 0.4) is 0 Å². The Morgan fingerprint density at radius 2 is 1.93 bits per heavy atom. The van der Waals surface area contributed by atoms with Crippen molar-refractivity contribution in [3.63, 3.8) is 0 Å². The maximum absolute atomic E-state index is 14.5. The summed E-state index contributed by atoms with van der Waals surface area (Å²) in [6.45, 7) is 15.1. The summed E-state index contributed by atoms with van der Waals surface area (Å²) in [5.41, 5.74) is 9.67. The Morgan fingerprint density at radius 3 is 2.66 bits per heavy atom. The number of phenols is 1. The Bertz CT molecular complexity index is 2280. The van der Waals surface area contributed by atoms with Gasteiger partial charge < -0.3 is 29.4 Å². The van der Waals surface area contributed by atoms with Crippen LogP contribution in [0, 0.1) is 11.3 Å². The largest absolute Gasteiger partial charge is 0.508 e. The summed E-state index contributed by atoms with van der Waals surface area (Å²) < 4.78 is 14.2. The number of esters is 1. The first kappa shape index (κ1) is 41.6. The molecule has 312 valence electrons. The summed E-state index contributed by atoms with van der Waals surface area (Å²) in [6, 6.07) is 12.8. The van der Waals surface area contributed by atoms with Gasteiger partial charge in [0.2, 0.25) is 11.8 Å². The molecule has 2 aromatic heterocycles. The Morgan fingerprint density at radius 1 is 1.14 bits per heavy atom. The van der Waals surface area contributed by atoms with E-state index in [9.17, 15) is 24.3 Å². The number of nitrogens with one attached hydrogen (secondary N) is 2. The molecule has 0 radical (unpaired) electrons. The molecule has 6 bridgehead atoms. The molecule has 59 heavy (non-hydrogen) atoms. The fraction of sp³-hybridized carbons (Fsp3) is 0.457. The van der Waals surface area contributed by atoms with Crippen LogP contribution in [0.15, 0.2) is 67.4 Å². The first-order valence-corrected chi connectivity index (χ1v) is 20.6. The van der Waals surface area contributed by atoms with E-state index >= 15 is 0 Å². The van der Waals surface area contributed by atoms with E-state index in [2.05, 4.69) is 60.9 Å². The number of pyridine rings is 1. The molecule has 2 saturated heterocycles. The van der Waals surface area contributed by atoms with Crippen LogP contribution in [-0.2, 0) is 48.0 Å². The van der Waals surface area contributed by atoms with Gasteiger partial charge in [-0.05, 0) is 98.2 Å². The number of benzene rings is 2. The molecule has 13 nitrogen and oxygen atoms in total. The number of methoxy groups -OCH3 is 1.